The number of aromatic nitrogens is 1. The van der Waals surface area contributed by atoms with Crippen molar-refractivity contribution in [3.63, 3.8) is 0 Å². The second-order valence-electron chi connectivity index (χ2n) is 22.3. The summed E-state index contributed by atoms with van der Waals surface area (Å²) >= 11 is 0. The number of nitrogens with zero attached hydrogens (tertiary/aromatic N) is 2. The number of amides is 7. The minimum absolute atomic E-state index is 0.0308. The number of carbonyl (C=O) groups excluding carboxylic acids is 8. The number of Topliss-reactive ketones (excluding diaryl/α,β-unsaturated/α-hetero) is 1. The van der Waals surface area contributed by atoms with Crippen LogP contribution in [0.3, 0.4) is 0 Å². The largest absolute Gasteiger partial charge is 0.399 e. The molecule has 22 heteroatoms. The minimum atomic E-state index is -5.89. The van der Waals surface area contributed by atoms with Crippen molar-refractivity contribution in [2.45, 2.75) is 164 Å². The zero-order chi connectivity index (χ0) is 61.5. The normalized spacial score (nSPS) is 17.7. The van der Waals surface area contributed by atoms with E-state index in [2.05, 4.69) is 32.8 Å². The first-order valence-corrected chi connectivity index (χ1v) is 31.1. The molecule has 86 heavy (non-hydrogen) atoms. The van der Waals surface area contributed by atoms with Gasteiger partial charge in [0.1, 0.15) is 23.8 Å². The smallest absolute Gasteiger partial charge is 0.376 e. The maximum absolute atomic E-state index is 14.9. The SMILES string of the molecule is CCCC[C@H](NC(=O)c1cc2cc(C(F)(F)P(=O)(O)O)ccc2[nH]1)C(=O)N1C[C@H](OCCCCCCCCCC#Cc2cccc3c2CN(C2CCC(=O)NC2=O)C3=O)C[C@H]1C(=O)N[C@@H](CCC(N)=O)C(=O)CC(c1ccccc1)c1ccccc1. The van der Waals surface area contributed by atoms with E-state index in [0.717, 1.165) is 79.0 Å². The number of H-pyrrole nitrogens is 1. The van der Waals surface area contributed by atoms with Crippen LogP contribution in [0, 0.1) is 11.8 Å². The first kappa shape index (κ1) is 64.1. The number of ether oxygens (including phenoxy) is 1. The Hall–Kier alpha value is -7.89. The van der Waals surface area contributed by atoms with E-state index in [0.29, 0.717) is 37.9 Å². The van der Waals surface area contributed by atoms with Crippen molar-refractivity contribution >= 4 is 65.6 Å². The van der Waals surface area contributed by atoms with Crippen LogP contribution in [0.4, 0.5) is 8.78 Å². The fourth-order valence-corrected chi connectivity index (χ4v) is 11.9. The molecule has 8 N–H and O–H groups in total. The van der Waals surface area contributed by atoms with E-state index in [-0.39, 0.29) is 92.2 Å². The first-order chi connectivity index (χ1) is 41.2. The maximum Gasteiger partial charge on any atom is 0.399 e. The Morgan fingerprint density at radius 2 is 1.52 bits per heavy atom. The van der Waals surface area contributed by atoms with Crippen molar-refractivity contribution < 1.29 is 66.2 Å². The molecule has 19 nitrogen and oxygen atoms in total. The average molecular weight is 1200 g/mol. The number of likely N-dealkylation sites (tertiary alicyclic amines) is 1. The maximum atomic E-state index is 14.9. The van der Waals surface area contributed by atoms with Crippen LogP contribution < -0.4 is 21.7 Å². The van der Waals surface area contributed by atoms with Crippen LogP contribution in [0.15, 0.2) is 103 Å². The van der Waals surface area contributed by atoms with Crippen LogP contribution >= 0.6 is 7.60 Å². The number of imide groups is 1. The lowest BCUT2D eigenvalue weighted by molar-refractivity contribution is -0.141. The number of primary amides is 1. The van der Waals surface area contributed by atoms with Gasteiger partial charge < -0.3 is 45.7 Å². The van der Waals surface area contributed by atoms with Crippen LogP contribution in [-0.4, -0.2) is 115 Å². The molecule has 7 amide bonds. The Bertz CT molecular complexity index is 3360. The topological polar surface area (TPSA) is 288 Å². The van der Waals surface area contributed by atoms with Gasteiger partial charge >= 0.3 is 13.3 Å². The van der Waals surface area contributed by atoms with Crippen molar-refractivity contribution in [3.8, 4) is 11.8 Å². The molecule has 1 unspecified atom stereocenters. The molecular weight excluding hydrogens is 1130 g/mol. The molecular formula is C64H74F2N7O12P. The van der Waals surface area contributed by atoms with Gasteiger partial charge in [-0.3, -0.25) is 48.2 Å². The van der Waals surface area contributed by atoms with Crippen LogP contribution in [-0.2, 0) is 50.3 Å². The summed E-state index contributed by atoms with van der Waals surface area (Å²) in [5.74, 6) is 1.97. The van der Waals surface area contributed by atoms with Crippen LogP contribution in [0.5, 0.6) is 0 Å². The fraction of sp³-hybridized carbons (Fsp3) is 0.438. The summed E-state index contributed by atoms with van der Waals surface area (Å²) in [5, 5.41) is 8.03. The van der Waals surface area contributed by atoms with Crippen molar-refractivity contribution in [2.24, 2.45) is 5.73 Å². The lowest BCUT2D eigenvalue weighted by Gasteiger charge is -2.30. The number of hydrogen-bond donors (Lipinski definition) is 7. The summed E-state index contributed by atoms with van der Waals surface area (Å²) in [5.41, 5.74) is 4.03. The van der Waals surface area contributed by atoms with Crippen molar-refractivity contribution in [1.82, 2.24) is 30.7 Å². The molecule has 1 aromatic heterocycles. The molecule has 0 saturated carbocycles. The molecule has 3 aliphatic rings. The van der Waals surface area contributed by atoms with Gasteiger partial charge in [0.2, 0.25) is 29.5 Å². The van der Waals surface area contributed by atoms with Gasteiger partial charge in [0.05, 0.1) is 12.1 Å². The molecule has 4 aromatic carbocycles. The van der Waals surface area contributed by atoms with E-state index in [4.69, 9.17) is 10.5 Å². The lowest BCUT2D eigenvalue weighted by atomic mass is 9.85. The van der Waals surface area contributed by atoms with Gasteiger partial charge in [-0.25, -0.2) is 0 Å². The third-order valence-corrected chi connectivity index (χ3v) is 17.2. The summed E-state index contributed by atoms with van der Waals surface area (Å²) in [6.07, 6.45) is 7.81. The Balaban J connectivity index is 0.891. The Kier molecular flexibility index (Phi) is 22.0. The molecule has 0 bridgehead atoms. The molecule has 5 aromatic rings. The number of ketones is 1. The summed E-state index contributed by atoms with van der Waals surface area (Å²) < 4.78 is 47.3. The van der Waals surface area contributed by atoms with Gasteiger partial charge in [-0.2, -0.15) is 8.78 Å². The highest BCUT2D eigenvalue weighted by Crippen LogP contribution is 2.59. The number of fused-ring (bicyclic) bond motifs is 2. The molecule has 0 aliphatic carbocycles. The number of halogens is 2. The number of aromatic amines is 1. The third-order valence-electron chi connectivity index (χ3n) is 16.2. The van der Waals surface area contributed by atoms with E-state index >= 15 is 0 Å². The average Bonchev–Trinajstić information content (AvgIpc) is 2.61. The van der Waals surface area contributed by atoms with E-state index in [1.165, 1.54) is 15.9 Å². The van der Waals surface area contributed by atoms with E-state index in [1.807, 2.05) is 73.7 Å². The zero-order valence-corrected chi connectivity index (χ0v) is 49.0. The number of alkyl halides is 2. The molecule has 8 rings (SSSR count). The van der Waals surface area contributed by atoms with Crippen LogP contribution in [0.1, 0.15) is 171 Å². The quantitative estimate of drug-likeness (QED) is 0.0103. The first-order valence-electron chi connectivity index (χ1n) is 29.5. The van der Waals surface area contributed by atoms with Gasteiger partial charge in [0.15, 0.2) is 5.78 Å². The zero-order valence-electron chi connectivity index (χ0n) is 48.1. The summed E-state index contributed by atoms with van der Waals surface area (Å²) in [6, 6.07) is 24.2. The second-order valence-corrected chi connectivity index (χ2v) is 24.0. The van der Waals surface area contributed by atoms with Gasteiger partial charge in [-0.1, -0.05) is 137 Å². The predicted octanol–water partition coefficient (Wildman–Crippen LogP) is 8.14. The van der Waals surface area contributed by atoms with Gasteiger partial charge in [0, 0.05) is 85.3 Å². The van der Waals surface area contributed by atoms with Gasteiger partial charge in [0.25, 0.3) is 11.8 Å². The monoisotopic (exact) mass is 1200 g/mol. The van der Waals surface area contributed by atoms with Crippen molar-refractivity contribution in [1.29, 1.82) is 0 Å². The standard InChI is InChI=1S/C64H74F2N7O12P/c1-2-3-27-52(70-59(77)53-36-44-35-45(28-29-50(44)68-53)64(65,66)86(82,83)84)63(81)72-39-46(37-55(72)61(79)69-51(30-32-57(67)75)56(74)38-48(41-20-14-11-15-21-41)42-22-16-12-17-23-42)85-34-18-10-8-6-4-5-7-9-13-24-43-25-19-26-47-49(43)40-73(62(47)80)54-31-33-58(76)71-60(54)78/h11-12,14-17,19-23,25-26,28-29,35-36,46,48,51-52,54-55,68H,2-10,18,27,30-34,37-40H2,1H3,(H2,67,75)(H,69,79)(H,70,77)(H,71,76,78)(H2,82,83,84)/t46-,51+,52+,54?,55+/m1/s1. The number of piperidine rings is 1. The van der Waals surface area contributed by atoms with Gasteiger partial charge in [-0.15, -0.1) is 0 Å². The summed E-state index contributed by atoms with van der Waals surface area (Å²) in [7, 11) is -5.89. The summed E-state index contributed by atoms with van der Waals surface area (Å²) in [6.45, 7) is 2.45. The lowest BCUT2D eigenvalue weighted by Crippen LogP contribution is -2.55. The number of benzene rings is 4. The Morgan fingerprint density at radius 1 is 0.837 bits per heavy atom. The minimum Gasteiger partial charge on any atom is -0.376 e. The van der Waals surface area contributed by atoms with E-state index in [1.54, 1.807) is 12.1 Å². The highest BCUT2D eigenvalue weighted by atomic mass is 31.2. The van der Waals surface area contributed by atoms with Gasteiger partial charge in [-0.05, 0) is 79.1 Å². The summed E-state index contributed by atoms with van der Waals surface area (Å²) in [4.78, 5) is 132. The Morgan fingerprint density at radius 3 is 2.19 bits per heavy atom. The highest BCUT2D eigenvalue weighted by molar-refractivity contribution is 7.52. The molecule has 456 valence electrons. The Labute approximate surface area is 498 Å². The number of carbonyl (C=O) groups is 8. The number of nitrogens with two attached hydrogens (primary N) is 1. The second kappa shape index (κ2) is 29.5. The molecule has 0 radical (unpaired) electrons. The predicted molar refractivity (Wildman–Crippen MR) is 316 cm³/mol. The van der Waals surface area contributed by atoms with Crippen LogP contribution in [0.25, 0.3) is 10.9 Å². The van der Waals surface area contributed by atoms with Crippen molar-refractivity contribution in [2.75, 3.05) is 13.2 Å². The molecule has 3 aliphatic heterocycles. The molecule has 2 fully saturated rings. The number of nitrogens with one attached hydrogen (secondary N) is 4. The molecule has 0 spiro atoms. The number of hydrogen-bond acceptors (Lipinski definition) is 10. The third kappa shape index (κ3) is 16.1. The fourth-order valence-electron chi connectivity index (χ4n) is 11.4. The van der Waals surface area contributed by atoms with E-state index < -0.39 is 84.5 Å². The molecule has 5 atom stereocenters. The molecule has 4 heterocycles. The highest BCUT2D eigenvalue weighted by Gasteiger charge is 2.50. The van der Waals surface area contributed by atoms with E-state index in [9.17, 15) is 61.5 Å². The van der Waals surface area contributed by atoms with Crippen molar-refractivity contribution in [3.05, 3.63) is 142 Å². The number of unbranched alkanes of at least 4 members (excludes halogenated alkanes) is 8. The molecule has 2 saturated heterocycles. The van der Waals surface area contributed by atoms with Crippen LogP contribution in [0.2, 0.25) is 0 Å². The number of rotatable bonds is 29.